The van der Waals surface area contributed by atoms with E-state index in [0.29, 0.717) is 11.7 Å². The van der Waals surface area contributed by atoms with Gasteiger partial charge in [0.15, 0.2) is 5.11 Å². The Hall–Kier alpha value is -1.62. The molecule has 0 aliphatic carbocycles. The maximum Gasteiger partial charge on any atom is 0.171 e. The molecule has 122 valence electrons. The van der Waals surface area contributed by atoms with Crippen LogP contribution >= 0.6 is 23.8 Å². The van der Waals surface area contributed by atoms with Crippen molar-refractivity contribution in [2.45, 2.75) is 20.0 Å². The lowest BCUT2D eigenvalue weighted by Gasteiger charge is -2.16. The molecule has 2 rings (SSSR count). The van der Waals surface area contributed by atoms with Gasteiger partial charge in [-0.15, -0.1) is 0 Å². The summed E-state index contributed by atoms with van der Waals surface area (Å²) in [5.74, 6) is 0. The first-order valence-electron chi connectivity index (χ1n) is 7.48. The van der Waals surface area contributed by atoms with Crippen LogP contribution in [0.5, 0.6) is 0 Å². The van der Waals surface area contributed by atoms with Gasteiger partial charge in [0.05, 0.1) is 0 Å². The first kappa shape index (κ1) is 17.7. The molecule has 0 saturated heterocycles. The molecule has 0 atom stereocenters. The number of nitrogens with one attached hydrogen (secondary N) is 2. The van der Waals surface area contributed by atoms with Gasteiger partial charge in [-0.1, -0.05) is 41.9 Å². The average molecular weight is 348 g/mol. The second-order valence-corrected chi connectivity index (χ2v) is 6.59. The normalized spacial score (nSPS) is 10.7. The zero-order valence-electron chi connectivity index (χ0n) is 13.7. The van der Waals surface area contributed by atoms with Crippen molar-refractivity contribution in [1.82, 2.24) is 10.2 Å². The smallest absolute Gasteiger partial charge is 0.171 e. The molecule has 3 nitrogen and oxygen atoms in total. The molecule has 0 spiro atoms. The van der Waals surface area contributed by atoms with E-state index < -0.39 is 0 Å². The van der Waals surface area contributed by atoms with E-state index in [-0.39, 0.29) is 0 Å². The Kier molecular flexibility index (Phi) is 6.39. The van der Waals surface area contributed by atoms with E-state index in [1.165, 1.54) is 11.1 Å². The van der Waals surface area contributed by atoms with Gasteiger partial charge in [-0.3, -0.25) is 0 Å². The second-order valence-electron chi connectivity index (χ2n) is 5.78. The van der Waals surface area contributed by atoms with E-state index in [0.717, 1.165) is 22.8 Å². The standard InChI is InChI=1S/C18H22ClN3S/c1-13-8-9-16(10-17(13)19)21-18(23)20-11-14-6-4-5-7-15(14)12-22(2)3/h4-10H,11-12H2,1-3H3,(H2,20,21,23). The van der Waals surface area contributed by atoms with Crippen LogP contribution in [0, 0.1) is 6.92 Å². The SMILES string of the molecule is Cc1ccc(NC(=S)NCc2ccccc2CN(C)C)cc1Cl. The van der Waals surface area contributed by atoms with Crippen molar-refractivity contribution < 1.29 is 0 Å². The zero-order valence-corrected chi connectivity index (χ0v) is 15.3. The summed E-state index contributed by atoms with van der Waals surface area (Å²) in [5.41, 5.74) is 4.48. The highest BCUT2D eigenvalue weighted by molar-refractivity contribution is 7.80. The Morgan fingerprint density at radius 3 is 2.48 bits per heavy atom. The Morgan fingerprint density at radius 1 is 1.13 bits per heavy atom. The first-order valence-corrected chi connectivity index (χ1v) is 8.27. The van der Waals surface area contributed by atoms with Crippen molar-refractivity contribution in [3.8, 4) is 0 Å². The molecule has 0 heterocycles. The fourth-order valence-corrected chi connectivity index (χ4v) is 2.62. The maximum absolute atomic E-state index is 6.13. The van der Waals surface area contributed by atoms with Crippen LogP contribution in [-0.4, -0.2) is 24.1 Å². The topological polar surface area (TPSA) is 27.3 Å². The van der Waals surface area contributed by atoms with E-state index in [2.05, 4.69) is 47.8 Å². The molecule has 0 aliphatic rings. The number of hydrogen-bond acceptors (Lipinski definition) is 2. The van der Waals surface area contributed by atoms with Gasteiger partial charge in [-0.05, 0) is 62.1 Å². The number of halogens is 1. The monoisotopic (exact) mass is 347 g/mol. The molecular formula is C18H22ClN3S. The fraction of sp³-hybridized carbons (Fsp3) is 0.278. The van der Waals surface area contributed by atoms with Gasteiger partial charge in [-0.2, -0.15) is 0 Å². The van der Waals surface area contributed by atoms with Gasteiger partial charge >= 0.3 is 0 Å². The van der Waals surface area contributed by atoms with Gasteiger partial charge in [0.25, 0.3) is 0 Å². The van der Waals surface area contributed by atoms with Crippen molar-refractivity contribution in [2.24, 2.45) is 0 Å². The van der Waals surface area contributed by atoms with Gasteiger partial charge < -0.3 is 15.5 Å². The maximum atomic E-state index is 6.13. The minimum Gasteiger partial charge on any atom is -0.358 e. The molecule has 0 radical (unpaired) electrons. The van der Waals surface area contributed by atoms with E-state index >= 15 is 0 Å². The second kappa shape index (κ2) is 8.29. The summed E-state index contributed by atoms with van der Waals surface area (Å²) in [4.78, 5) is 2.16. The van der Waals surface area contributed by atoms with Crippen molar-refractivity contribution in [2.75, 3.05) is 19.4 Å². The summed E-state index contributed by atoms with van der Waals surface area (Å²) >= 11 is 11.5. The number of benzene rings is 2. The van der Waals surface area contributed by atoms with E-state index in [1.807, 2.05) is 31.2 Å². The van der Waals surface area contributed by atoms with E-state index in [4.69, 9.17) is 23.8 Å². The summed E-state index contributed by atoms with van der Waals surface area (Å²) < 4.78 is 0. The number of anilines is 1. The van der Waals surface area contributed by atoms with Crippen LogP contribution in [0.3, 0.4) is 0 Å². The van der Waals surface area contributed by atoms with Gasteiger partial charge in [0, 0.05) is 23.8 Å². The number of rotatable bonds is 5. The lowest BCUT2D eigenvalue weighted by molar-refractivity contribution is 0.401. The van der Waals surface area contributed by atoms with Crippen LogP contribution in [0.4, 0.5) is 5.69 Å². The van der Waals surface area contributed by atoms with Crippen LogP contribution in [-0.2, 0) is 13.1 Å². The molecule has 0 unspecified atom stereocenters. The van der Waals surface area contributed by atoms with Gasteiger partial charge in [0.2, 0.25) is 0 Å². The fourth-order valence-electron chi connectivity index (χ4n) is 2.25. The number of thiocarbonyl (C=S) groups is 1. The van der Waals surface area contributed by atoms with Crippen molar-refractivity contribution in [3.05, 3.63) is 64.2 Å². The highest BCUT2D eigenvalue weighted by Crippen LogP contribution is 2.19. The lowest BCUT2D eigenvalue weighted by atomic mass is 10.1. The Morgan fingerprint density at radius 2 is 1.83 bits per heavy atom. The number of hydrogen-bond donors (Lipinski definition) is 2. The molecule has 5 heteroatoms. The number of aryl methyl sites for hydroxylation is 1. The highest BCUT2D eigenvalue weighted by atomic mass is 35.5. The molecule has 2 aromatic rings. The number of nitrogens with zero attached hydrogens (tertiary/aromatic N) is 1. The van der Waals surface area contributed by atoms with Crippen LogP contribution in [0.2, 0.25) is 5.02 Å². The first-order chi connectivity index (χ1) is 11.0. The third-order valence-electron chi connectivity index (χ3n) is 3.47. The molecule has 23 heavy (non-hydrogen) atoms. The Bertz CT molecular complexity index is 686. The van der Waals surface area contributed by atoms with Crippen molar-refractivity contribution >= 4 is 34.6 Å². The Balaban J connectivity index is 1.95. The quantitative estimate of drug-likeness (QED) is 0.793. The predicted molar refractivity (Wildman–Crippen MR) is 103 cm³/mol. The average Bonchev–Trinajstić information content (AvgIpc) is 2.49. The van der Waals surface area contributed by atoms with Crippen LogP contribution in [0.15, 0.2) is 42.5 Å². The molecule has 0 fully saturated rings. The third kappa shape index (κ3) is 5.50. The van der Waals surface area contributed by atoms with E-state index in [1.54, 1.807) is 0 Å². The van der Waals surface area contributed by atoms with Gasteiger partial charge in [-0.25, -0.2) is 0 Å². The summed E-state index contributed by atoms with van der Waals surface area (Å²) in [5, 5.41) is 7.74. The van der Waals surface area contributed by atoms with Gasteiger partial charge in [0.1, 0.15) is 0 Å². The predicted octanol–water partition coefficient (Wildman–Crippen LogP) is 4.20. The molecular weight excluding hydrogens is 326 g/mol. The lowest BCUT2D eigenvalue weighted by Crippen LogP contribution is -2.28. The molecule has 0 saturated carbocycles. The zero-order chi connectivity index (χ0) is 16.8. The van der Waals surface area contributed by atoms with Crippen molar-refractivity contribution in [1.29, 1.82) is 0 Å². The molecule has 0 bridgehead atoms. The molecule has 0 aromatic heterocycles. The molecule has 0 amide bonds. The third-order valence-corrected chi connectivity index (χ3v) is 4.13. The summed E-state index contributed by atoms with van der Waals surface area (Å²) in [6, 6.07) is 14.2. The summed E-state index contributed by atoms with van der Waals surface area (Å²) in [6.45, 7) is 3.57. The van der Waals surface area contributed by atoms with E-state index in [9.17, 15) is 0 Å². The summed E-state index contributed by atoms with van der Waals surface area (Å²) in [6.07, 6.45) is 0. The molecule has 2 N–H and O–H groups in total. The van der Waals surface area contributed by atoms with Crippen LogP contribution in [0.1, 0.15) is 16.7 Å². The Labute approximate surface area is 148 Å². The summed E-state index contributed by atoms with van der Waals surface area (Å²) in [7, 11) is 4.13. The minimum atomic E-state index is 0.588. The highest BCUT2D eigenvalue weighted by Gasteiger charge is 2.05. The largest absolute Gasteiger partial charge is 0.358 e. The molecule has 0 aliphatic heterocycles. The van der Waals surface area contributed by atoms with Crippen LogP contribution < -0.4 is 10.6 Å². The molecule has 2 aromatic carbocycles. The van der Waals surface area contributed by atoms with Crippen molar-refractivity contribution in [3.63, 3.8) is 0 Å². The minimum absolute atomic E-state index is 0.588. The van der Waals surface area contributed by atoms with Crippen LogP contribution in [0.25, 0.3) is 0 Å².